The van der Waals surface area contributed by atoms with E-state index in [1.165, 1.54) is 4.90 Å². The maximum Gasteiger partial charge on any atom is 0.325 e. The van der Waals surface area contributed by atoms with Crippen molar-refractivity contribution in [3.05, 3.63) is 70.7 Å². The number of rotatable bonds is 3. The molecule has 0 aromatic heterocycles. The van der Waals surface area contributed by atoms with Crippen LogP contribution in [-0.2, 0) is 16.9 Å². The predicted molar refractivity (Wildman–Crippen MR) is 113 cm³/mol. The van der Waals surface area contributed by atoms with E-state index < -0.39 is 11.6 Å². The van der Waals surface area contributed by atoms with Crippen LogP contribution in [0.5, 0.6) is 11.5 Å². The lowest BCUT2D eigenvalue weighted by Gasteiger charge is -2.23. The number of hydrogen-bond acceptors (Lipinski definition) is 4. The highest BCUT2D eigenvalue weighted by Crippen LogP contribution is 2.39. The number of fused-ring (bicyclic) bond motifs is 2. The Morgan fingerprint density at radius 2 is 1.80 bits per heavy atom. The lowest BCUT2D eigenvalue weighted by atomic mass is 9.90. The summed E-state index contributed by atoms with van der Waals surface area (Å²) in [6.07, 6.45) is 0. The highest BCUT2D eigenvalue weighted by atomic mass is 35.5. The molecule has 3 aromatic rings. The molecule has 1 saturated heterocycles. The molecule has 1 N–H and O–H groups in total. The van der Waals surface area contributed by atoms with Gasteiger partial charge in [0.25, 0.3) is 5.91 Å². The number of imide groups is 1. The predicted octanol–water partition coefficient (Wildman–Crippen LogP) is 4.23. The molecule has 0 radical (unpaired) electrons. The van der Waals surface area contributed by atoms with Crippen molar-refractivity contribution < 1.29 is 19.1 Å². The van der Waals surface area contributed by atoms with Crippen molar-refractivity contribution >= 4 is 34.3 Å². The average Bonchev–Trinajstić information content (AvgIpc) is 2.97. The van der Waals surface area contributed by atoms with E-state index in [0.29, 0.717) is 35.3 Å². The molecule has 3 amide bonds. The van der Waals surface area contributed by atoms with Gasteiger partial charge in [0.15, 0.2) is 11.5 Å². The van der Waals surface area contributed by atoms with Gasteiger partial charge in [-0.25, -0.2) is 4.79 Å². The molecule has 6 nitrogen and oxygen atoms in total. The maximum absolute atomic E-state index is 13.3. The summed E-state index contributed by atoms with van der Waals surface area (Å²) in [6, 6.07) is 16.7. The fourth-order valence-corrected chi connectivity index (χ4v) is 4.26. The van der Waals surface area contributed by atoms with E-state index in [-0.39, 0.29) is 12.5 Å². The number of carbonyl (C=O) groups is 2. The van der Waals surface area contributed by atoms with Crippen molar-refractivity contribution in [1.82, 2.24) is 10.2 Å². The standard InChI is InChI=1S/C23H19ClN2O4/c1-23(17-7-6-15-4-2-3-5-16(15)12-17)21(27)26(22(28)25-23)13-14-10-18(24)20-19(11-14)29-8-9-30-20/h2-7,10-12H,8-9,13H2,1H3,(H,25,28)/t23-/m0/s1. The Kier molecular flexibility index (Phi) is 4.33. The van der Waals surface area contributed by atoms with Crippen LogP contribution in [-0.4, -0.2) is 30.1 Å². The molecular formula is C23H19ClN2O4. The highest BCUT2D eigenvalue weighted by Gasteiger charge is 2.49. The average molecular weight is 423 g/mol. The fourth-order valence-electron chi connectivity index (χ4n) is 3.97. The van der Waals surface area contributed by atoms with Gasteiger partial charge < -0.3 is 14.8 Å². The van der Waals surface area contributed by atoms with Crippen molar-refractivity contribution in [3.63, 3.8) is 0 Å². The largest absolute Gasteiger partial charge is 0.486 e. The summed E-state index contributed by atoms with van der Waals surface area (Å²) in [5.74, 6) is 0.701. The van der Waals surface area contributed by atoms with E-state index in [1.54, 1.807) is 19.1 Å². The quantitative estimate of drug-likeness (QED) is 0.641. The molecule has 3 aromatic carbocycles. The van der Waals surface area contributed by atoms with E-state index in [4.69, 9.17) is 21.1 Å². The Balaban J connectivity index is 1.46. The lowest BCUT2D eigenvalue weighted by Crippen LogP contribution is -2.40. The number of nitrogens with zero attached hydrogens (tertiary/aromatic N) is 1. The number of hydrogen-bond donors (Lipinski definition) is 1. The molecule has 30 heavy (non-hydrogen) atoms. The molecule has 152 valence electrons. The molecule has 0 unspecified atom stereocenters. The summed E-state index contributed by atoms with van der Waals surface area (Å²) in [6.45, 7) is 2.68. The number of halogens is 1. The van der Waals surface area contributed by atoms with Gasteiger partial charge in [-0.2, -0.15) is 0 Å². The minimum Gasteiger partial charge on any atom is -0.486 e. The molecule has 0 bridgehead atoms. The van der Waals surface area contributed by atoms with Crippen LogP contribution in [0.1, 0.15) is 18.1 Å². The maximum atomic E-state index is 13.3. The van der Waals surface area contributed by atoms with Gasteiger partial charge in [0.1, 0.15) is 18.8 Å². The van der Waals surface area contributed by atoms with Crippen LogP contribution in [0.4, 0.5) is 4.79 Å². The minimum absolute atomic E-state index is 0.0875. The normalized spacial score (nSPS) is 20.5. The van der Waals surface area contributed by atoms with Crippen LogP contribution in [0.15, 0.2) is 54.6 Å². The summed E-state index contributed by atoms with van der Waals surface area (Å²) < 4.78 is 11.1. The van der Waals surface area contributed by atoms with Crippen LogP contribution in [0.3, 0.4) is 0 Å². The lowest BCUT2D eigenvalue weighted by molar-refractivity contribution is -0.131. The van der Waals surface area contributed by atoms with Gasteiger partial charge in [-0.1, -0.05) is 48.0 Å². The zero-order chi connectivity index (χ0) is 20.9. The van der Waals surface area contributed by atoms with E-state index in [9.17, 15) is 9.59 Å². The molecule has 5 rings (SSSR count). The second kappa shape index (κ2) is 6.92. The Morgan fingerprint density at radius 3 is 2.63 bits per heavy atom. The Labute approximate surface area is 178 Å². The van der Waals surface area contributed by atoms with E-state index in [0.717, 1.165) is 16.3 Å². The molecule has 7 heteroatoms. The first-order valence-corrected chi connectivity index (χ1v) is 10.0. The number of urea groups is 1. The van der Waals surface area contributed by atoms with Crippen LogP contribution in [0.2, 0.25) is 5.02 Å². The fraction of sp³-hybridized carbons (Fsp3) is 0.217. The second-order valence-electron chi connectivity index (χ2n) is 7.61. The van der Waals surface area contributed by atoms with Crippen molar-refractivity contribution in [2.45, 2.75) is 19.0 Å². The van der Waals surface area contributed by atoms with Gasteiger partial charge in [-0.3, -0.25) is 9.69 Å². The van der Waals surface area contributed by atoms with Gasteiger partial charge in [-0.05, 0) is 47.0 Å². The first-order chi connectivity index (χ1) is 14.5. The third kappa shape index (κ3) is 2.95. The first kappa shape index (κ1) is 18.8. The van der Waals surface area contributed by atoms with Crippen LogP contribution in [0, 0.1) is 0 Å². The van der Waals surface area contributed by atoms with Crippen LogP contribution >= 0.6 is 11.6 Å². The number of nitrogens with one attached hydrogen (secondary N) is 1. The van der Waals surface area contributed by atoms with Crippen molar-refractivity contribution in [1.29, 1.82) is 0 Å². The zero-order valence-corrected chi connectivity index (χ0v) is 17.0. The third-order valence-electron chi connectivity index (χ3n) is 5.60. The molecule has 0 spiro atoms. The molecule has 1 fully saturated rings. The van der Waals surface area contributed by atoms with Gasteiger partial charge in [0.05, 0.1) is 11.6 Å². The van der Waals surface area contributed by atoms with Crippen molar-refractivity contribution in [2.24, 2.45) is 0 Å². The summed E-state index contributed by atoms with van der Waals surface area (Å²) in [5, 5.41) is 5.33. The van der Waals surface area contributed by atoms with Crippen molar-refractivity contribution in [2.75, 3.05) is 13.2 Å². The summed E-state index contributed by atoms with van der Waals surface area (Å²) in [5.41, 5.74) is 0.288. The monoisotopic (exact) mass is 422 g/mol. The first-order valence-electron chi connectivity index (χ1n) is 9.67. The van der Waals surface area contributed by atoms with Crippen LogP contribution < -0.4 is 14.8 Å². The molecule has 2 aliphatic rings. The second-order valence-corrected chi connectivity index (χ2v) is 8.02. The van der Waals surface area contributed by atoms with Crippen molar-refractivity contribution in [3.8, 4) is 11.5 Å². The van der Waals surface area contributed by atoms with E-state index >= 15 is 0 Å². The van der Waals surface area contributed by atoms with Gasteiger partial charge in [0, 0.05) is 0 Å². The Morgan fingerprint density at radius 1 is 1.03 bits per heavy atom. The molecule has 0 saturated carbocycles. The zero-order valence-electron chi connectivity index (χ0n) is 16.3. The Bertz CT molecular complexity index is 1200. The van der Waals surface area contributed by atoms with Gasteiger partial charge in [0.2, 0.25) is 0 Å². The van der Waals surface area contributed by atoms with Gasteiger partial charge in [-0.15, -0.1) is 0 Å². The molecule has 2 heterocycles. The van der Waals surface area contributed by atoms with E-state index in [2.05, 4.69) is 5.32 Å². The van der Waals surface area contributed by atoms with Crippen LogP contribution in [0.25, 0.3) is 10.8 Å². The molecular weight excluding hydrogens is 404 g/mol. The topological polar surface area (TPSA) is 67.9 Å². The number of carbonyl (C=O) groups excluding carboxylic acids is 2. The van der Waals surface area contributed by atoms with Gasteiger partial charge >= 0.3 is 6.03 Å². The number of ether oxygens (including phenoxy) is 2. The number of amides is 3. The molecule has 2 aliphatic heterocycles. The number of benzene rings is 3. The molecule has 1 atom stereocenters. The third-order valence-corrected chi connectivity index (χ3v) is 5.88. The summed E-state index contributed by atoms with van der Waals surface area (Å²) in [7, 11) is 0. The highest BCUT2D eigenvalue weighted by molar-refractivity contribution is 6.32. The SMILES string of the molecule is C[C@@]1(c2ccc3ccccc3c2)NC(=O)N(Cc2cc(Cl)c3c(c2)OCCO3)C1=O. The summed E-state index contributed by atoms with van der Waals surface area (Å²) >= 11 is 6.30. The van der Waals surface area contributed by atoms with E-state index in [1.807, 2.05) is 42.5 Å². The minimum atomic E-state index is -1.14. The Hall–Kier alpha value is -3.25. The smallest absolute Gasteiger partial charge is 0.325 e. The molecule has 0 aliphatic carbocycles. The summed E-state index contributed by atoms with van der Waals surface area (Å²) in [4.78, 5) is 27.2.